The molecule has 0 aliphatic carbocycles. The molecular weight excluding hydrogens is 344 g/mol. The SMILES string of the molecule is O=C1OC(C(=O)Nc2nccs2)Cc2cc(Br)ccc21. The highest BCUT2D eigenvalue weighted by Gasteiger charge is 2.31. The van der Waals surface area contributed by atoms with Gasteiger partial charge in [-0.1, -0.05) is 15.9 Å². The third-order valence-corrected chi connectivity index (χ3v) is 4.08. The van der Waals surface area contributed by atoms with Crippen LogP contribution in [0.4, 0.5) is 5.13 Å². The summed E-state index contributed by atoms with van der Waals surface area (Å²) in [6.07, 6.45) is 1.13. The quantitative estimate of drug-likeness (QED) is 0.843. The topological polar surface area (TPSA) is 68.3 Å². The van der Waals surface area contributed by atoms with E-state index >= 15 is 0 Å². The Balaban J connectivity index is 1.80. The van der Waals surface area contributed by atoms with E-state index in [0.717, 1.165) is 10.0 Å². The van der Waals surface area contributed by atoms with Crippen molar-refractivity contribution in [2.75, 3.05) is 5.32 Å². The number of nitrogens with one attached hydrogen (secondary N) is 1. The van der Waals surface area contributed by atoms with E-state index in [2.05, 4.69) is 26.2 Å². The molecule has 102 valence electrons. The number of benzene rings is 1. The molecule has 1 N–H and O–H groups in total. The van der Waals surface area contributed by atoms with E-state index in [-0.39, 0.29) is 5.91 Å². The van der Waals surface area contributed by atoms with Crippen molar-refractivity contribution in [2.45, 2.75) is 12.5 Å². The predicted octanol–water partition coefficient (Wildman–Crippen LogP) is 2.63. The summed E-state index contributed by atoms with van der Waals surface area (Å²) in [5.74, 6) is -0.836. The molecule has 2 aromatic rings. The minimum absolute atomic E-state index is 0.359. The van der Waals surface area contributed by atoms with E-state index in [1.54, 1.807) is 23.7 Å². The van der Waals surface area contributed by atoms with Crippen molar-refractivity contribution in [3.63, 3.8) is 0 Å². The first-order valence-electron chi connectivity index (χ1n) is 5.83. The summed E-state index contributed by atoms with van der Waals surface area (Å²) in [5.41, 5.74) is 1.31. The molecule has 2 heterocycles. The first kappa shape index (κ1) is 13.3. The largest absolute Gasteiger partial charge is 0.448 e. The molecule has 1 aliphatic rings. The molecule has 7 heteroatoms. The Bertz CT molecular complexity index is 672. The number of carbonyl (C=O) groups excluding carboxylic acids is 2. The number of halogens is 1. The minimum atomic E-state index is -0.826. The Morgan fingerprint density at radius 1 is 1.50 bits per heavy atom. The van der Waals surface area contributed by atoms with Crippen molar-refractivity contribution in [2.24, 2.45) is 0 Å². The maximum atomic E-state index is 12.1. The lowest BCUT2D eigenvalue weighted by molar-refractivity contribution is -0.125. The monoisotopic (exact) mass is 352 g/mol. The first-order valence-corrected chi connectivity index (χ1v) is 7.50. The average molecular weight is 353 g/mol. The standard InChI is InChI=1S/C13H9BrN2O3S/c14-8-1-2-9-7(5-8)6-10(19-12(9)18)11(17)16-13-15-3-4-20-13/h1-5,10H,6H2,(H,15,16,17). The van der Waals surface area contributed by atoms with Crippen LogP contribution in [-0.4, -0.2) is 23.0 Å². The lowest BCUT2D eigenvalue weighted by atomic mass is 9.98. The Morgan fingerprint density at radius 2 is 2.35 bits per heavy atom. The van der Waals surface area contributed by atoms with Gasteiger partial charge in [0.1, 0.15) is 0 Å². The highest BCUT2D eigenvalue weighted by molar-refractivity contribution is 9.10. The Kier molecular flexibility index (Phi) is 3.54. The number of hydrogen-bond acceptors (Lipinski definition) is 5. The van der Waals surface area contributed by atoms with Crippen LogP contribution in [0.5, 0.6) is 0 Å². The number of aromatic nitrogens is 1. The molecule has 1 amide bonds. The summed E-state index contributed by atoms with van der Waals surface area (Å²) >= 11 is 4.67. The number of esters is 1. The summed E-state index contributed by atoms with van der Waals surface area (Å²) in [6, 6.07) is 5.30. The van der Waals surface area contributed by atoms with E-state index < -0.39 is 12.1 Å². The molecule has 1 aromatic carbocycles. The van der Waals surface area contributed by atoms with Gasteiger partial charge >= 0.3 is 5.97 Å². The number of hydrogen-bond donors (Lipinski definition) is 1. The maximum absolute atomic E-state index is 12.1. The summed E-state index contributed by atoms with van der Waals surface area (Å²) in [4.78, 5) is 27.9. The fourth-order valence-electron chi connectivity index (χ4n) is 1.98. The van der Waals surface area contributed by atoms with Gasteiger partial charge in [0, 0.05) is 22.5 Å². The Labute approximate surface area is 127 Å². The maximum Gasteiger partial charge on any atom is 0.339 e. The molecule has 0 spiro atoms. The molecule has 20 heavy (non-hydrogen) atoms. The number of ether oxygens (including phenoxy) is 1. The van der Waals surface area contributed by atoms with Crippen molar-refractivity contribution < 1.29 is 14.3 Å². The molecule has 1 unspecified atom stereocenters. The van der Waals surface area contributed by atoms with E-state index in [0.29, 0.717) is 17.1 Å². The second kappa shape index (κ2) is 5.34. The second-order valence-electron chi connectivity index (χ2n) is 4.23. The van der Waals surface area contributed by atoms with Crippen LogP contribution in [0.25, 0.3) is 0 Å². The number of nitrogens with zero attached hydrogens (tertiary/aromatic N) is 1. The zero-order valence-corrected chi connectivity index (χ0v) is 12.5. The minimum Gasteiger partial charge on any atom is -0.448 e. The van der Waals surface area contributed by atoms with Crippen LogP contribution in [0, 0.1) is 0 Å². The van der Waals surface area contributed by atoms with E-state index in [1.807, 2.05) is 6.07 Å². The van der Waals surface area contributed by atoms with Gasteiger partial charge in [-0.3, -0.25) is 10.1 Å². The highest BCUT2D eigenvalue weighted by atomic mass is 79.9. The average Bonchev–Trinajstić information content (AvgIpc) is 2.90. The van der Waals surface area contributed by atoms with Gasteiger partial charge in [0.25, 0.3) is 5.91 Å². The van der Waals surface area contributed by atoms with Gasteiger partial charge < -0.3 is 4.74 Å². The molecule has 1 aliphatic heterocycles. The van der Waals surface area contributed by atoms with Crippen LogP contribution >= 0.6 is 27.3 Å². The van der Waals surface area contributed by atoms with Gasteiger partial charge in [-0.15, -0.1) is 11.3 Å². The number of thiazole rings is 1. The Morgan fingerprint density at radius 3 is 3.10 bits per heavy atom. The normalized spacial score (nSPS) is 17.2. The zero-order chi connectivity index (χ0) is 14.1. The van der Waals surface area contributed by atoms with Crippen molar-refractivity contribution >= 4 is 44.3 Å². The van der Waals surface area contributed by atoms with Gasteiger partial charge in [-0.2, -0.15) is 0 Å². The molecule has 0 radical (unpaired) electrons. The molecule has 0 fully saturated rings. The molecule has 5 nitrogen and oxygen atoms in total. The van der Waals surface area contributed by atoms with Crippen LogP contribution in [0.1, 0.15) is 15.9 Å². The second-order valence-corrected chi connectivity index (χ2v) is 6.04. The van der Waals surface area contributed by atoms with E-state index in [9.17, 15) is 9.59 Å². The van der Waals surface area contributed by atoms with E-state index in [1.165, 1.54) is 11.3 Å². The molecule has 1 aromatic heterocycles. The van der Waals surface area contributed by atoms with Crippen molar-refractivity contribution in [3.8, 4) is 0 Å². The molecule has 3 rings (SSSR count). The number of fused-ring (bicyclic) bond motifs is 1. The predicted molar refractivity (Wildman–Crippen MR) is 77.8 cm³/mol. The van der Waals surface area contributed by atoms with Crippen molar-refractivity contribution in [3.05, 3.63) is 45.4 Å². The van der Waals surface area contributed by atoms with Crippen molar-refractivity contribution in [1.29, 1.82) is 0 Å². The Hall–Kier alpha value is -1.73. The number of cyclic esters (lactones) is 1. The van der Waals surface area contributed by atoms with Crippen LogP contribution < -0.4 is 5.32 Å². The number of carbonyl (C=O) groups is 2. The van der Waals surface area contributed by atoms with Gasteiger partial charge in [0.05, 0.1) is 5.56 Å². The van der Waals surface area contributed by atoms with Crippen LogP contribution in [-0.2, 0) is 16.0 Å². The molecule has 0 bridgehead atoms. The van der Waals surface area contributed by atoms with Crippen LogP contribution in [0.3, 0.4) is 0 Å². The summed E-state index contributed by atoms with van der Waals surface area (Å²) in [7, 11) is 0. The van der Waals surface area contributed by atoms with Crippen molar-refractivity contribution in [1.82, 2.24) is 4.98 Å². The summed E-state index contributed by atoms with van der Waals surface area (Å²) in [6.45, 7) is 0. The smallest absolute Gasteiger partial charge is 0.339 e. The van der Waals surface area contributed by atoms with Crippen LogP contribution in [0.2, 0.25) is 0 Å². The zero-order valence-electron chi connectivity index (χ0n) is 10.1. The molecular formula is C13H9BrN2O3S. The summed E-state index contributed by atoms with van der Waals surface area (Å²) < 4.78 is 6.04. The van der Waals surface area contributed by atoms with Gasteiger partial charge in [0.2, 0.25) is 0 Å². The van der Waals surface area contributed by atoms with Gasteiger partial charge in [-0.05, 0) is 23.8 Å². The highest BCUT2D eigenvalue weighted by Crippen LogP contribution is 2.25. The van der Waals surface area contributed by atoms with Gasteiger partial charge in [0.15, 0.2) is 11.2 Å². The molecule has 0 saturated carbocycles. The lowest BCUT2D eigenvalue weighted by Crippen LogP contribution is -2.37. The molecule has 0 saturated heterocycles. The number of anilines is 1. The third kappa shape index (κ3) is 2.59. The van der Waals surface area contributed by atoms with Gasteiger partial charge in [-0.25, -0.2) is 9.78 Å². The summed E-state index contributed by atoms with van der Waals surface area (Å²) in [5, 5.41) is 4.89. The third-order valence-electron chi connectivity index (χ3n) is 2.90. The first-order chi connectivity index (χ1) is 9.63. The lowest BCUT2D eigenvalue weighted by Gasteiger charge is -2.23. The molecule has 1 atom stereocenters. The number of amides is 1. The fourth-order valence-corrected chi connectivity index (χ4v) is 2.92. The number of rotatable bonds is 2. The van der Waals surface area contributed by atoms with E-state index in [4.69, 9.17) is 4.74 Å². The van der Waals surface area contributed by atoms with Crippen LogP contribution in [0.15, 0.2) is 34.2 Å². The fraction of sp³-hybridized carbons (Fsp3) is 0.154.